The number of fused-ring (bicyclic) bond motifs is 1. The fourth-order valence-corrected chi connectivity index (χ4v) is 5.41. The maximum absolute atomic E-state index is 10.9. The van der Waals surface area contributed by atoms with Crippen molar-refractivity contribution in [1.29, 1.82) is 0 Å². The fraction of sp³-hybridized carbons (Fsp3) is 0.0270. The zero-order valence-electron chi connectivity index (χ0n) is 22.4. The number of rotatable bonds is 6. The number of pyridine rings is 1. The maximum atomic E-state index is 10.9. The zero-order chi connectivity index (χ0) is 27.6. The smallest absolute Gasteiger partial charge is 0.149 e. The first-order valence-electron chi connectivity index (χ1n) is 13.7. The van der Waals surface area contributed by atoms with Crippen LogP contribution >= 0.6 is 0 Å². The van der Waals surface area contributed by atoms with Gasteiger partial charge >= 0.3 is 0 Å². The molecule has 7 rings (SSSR count). The molecule has 0 radical (unpaired) electrons. The van der Waals surface area contributed by atoms with Crippen LogP contribution in [-0.2, 0) is 6.42 Å². The van der Waals surface area contributed by atoms with E-state index in [0.717, 1.165) is 45.5 Å². The van der Waals surface area contributed by atoms with Gasteiger partial charge in [-0.3, -0.25) is 9.55 Å². The standard InChI is InChI=1S/C37H27N3O/c41-35-18-5-4-14-32(35)37-39-36-31(28-12-8-13-29(25-28)33-16-6-7-23-38-33)15-9-17-34(36)40(37)30-21-19-27(20-22-30)24-26-10-2-1-3-11-26/h1-23,25,41H,24H2. The molecule has 0 saturated heterocycles. The number of benzene rings is 5. The van der Waals surface area contributed by atoms with Gasteiger partial charge in [-0.15, -0.1) is 0 Å². The van der Waals surface area contributed by atoms with Crippen LogP contribution in [0.15, 0.2) is 146 Å². The molecule has 7 aromatic rings. The Kier molecular flexibility index (Phi) is 6.34. The molecular weight excluding hydrogens is 502 g/mol. The molecule has 4 heteroatoms. The van der Waals surface area contributed by atoms with E-state index in [9.17, 15) is 5.11 Å². The van der Waals surface area contributed by atoms with Gasteiger partial charge in [0.2, 0.25) is 0 Å². The Morgan fingerprint density at radius 3 is 2.10 bits per heavy atom. The average Bonchev–Trinajstić information content (AvgIpc) is 3.42. The van der Waals surface area contributed by atoms with E-state index in [4.69, 9.17) is 4.98 Å². The van der Waals surface area contributed by atoms with E-state index in [-0.39, 0.29) is 5.75 Å². The molecule has 0 saturated carbocycles. The minimum absolute atomic E-state index is 0.198. The number of phenolic OH excluding ortho intramolecular Hbond substituents is 1. The first kappa shape index (κ1) is 24.6. The van der Waals surface area contributed by atoms with Crippen LogP contribution in [0, 0.1) is 0 Å². The van der Waals surface area contributed by atoms with Crippen LogP contribution in [0.3, 0.4) is 0 Å². The molecule has 5 aromatic carbocycles. The van der Waals surface area contributed by atoms with Gasteiger partial charge in [0.05, 0.1) is 22.3 Å². The number of imidazole rings is 1. The van der Waals surface area contributed by atoms with Gasteiger partial charge in [0.15, 0.2) is 0 Å². The monoisotopic (exact) mass is 529 g/mol. The Morgan fingerprint density at radius 2 is 1.29 bits per heavy atom. The summed E-state index contributed by atoms with van der Waals surface area (Å²) in [5.74, 6) is 0.894. The predicted octanol–water partition coefficient (Wildman–Crippen LogP) is 8.72. The Labute approximate surface area is 238 Å². The zero-order valence-corrected chi connectivity index (χ0v) is 22.4. The minimum Gasteiger partial charge on any atom is -0.507 e. The second-order valence-electron chi connectivity index (χ2n) is 10.1. The average molecular weight is 530 g/mol. The molecule has 41 heavy (non-hydrogen) atoms. The summed E-state index contributed by atoms with van der Waals surface area (Å²) in [7, 11) is 0. The highest BCUT2D eigenvalue weighted by Crippen LogP contribution is 2.37. The van der Waals surface area contributed by atoms with E-state index in [1.165, 1.54) is 11.1 Å². The molecule has 0 amide bonds. The molecule has 0 fully saturated rings. The molecule has 4 nitrogen and oxygen atoms in total. The van der Waals surface area contributed by atoms with Crippen molar-refractivity contribution in [3.8, 4) is 45.2 Å². The summed E-state index contributed by atoms with van der Waals surface area (Å²) in [6.07, 6.45) is 2.68. The van der Waals surface area contributed by atoms with E-state index >= 15 is 0 Å². The van der Waals surface area contributed by atoms with Crippen LogP contribution in [0.4, 0.5) is 0 Å². The summed E-state index contributed by atoms with van der Waals surface area (Å²) in [4.78, 5) is 9.72. The SMILES string of the molecule is Oc1ccccc1-c1nc2c(-c3cccc(-c4ccccn4)c3)cccc2n1-c1ccc(Cc2ccccc2)cc1. The summed E-state index contributed by atoms with van der Waals surface area (Å²) in [5, 5.41) is 10.9. The van der Waals surface area contributed by atoms with Crippen molar-refractivity contribution in [3.63, 3.8) is 0 Å². The predicted molar refractivity (Wildman–Crippen MR) is 166 cm³/mol. The highest BCUT2D eigenvalue weighted by molar-refractivity contribution is 5.96. The molecule has 1 N–H and O–H groups in total. The van der Waals surface area contributed by atoms with Crippen LogP contribution in [0.25, 0.3) is 50.5 Å². The molecule has 2 heterocycles. The van der Waals surface area contributed by atoms with E-state index < -0.39 is 0 Å². The van der Waals surface area contributed by atoms with Gasteiger partial charge in [0, 0.05) is 23.0 Å². The molecule has 0 unspecified atom stereocenters. The van der Waals surface area contributed by atoms with Crippen LogP contribution in [0.5, 0.6) is 5.75 Å². The lowest BCUT2D eigenvalue weighted by Crippen LogP contribution is -1.98. The number of hydrogen-bond acceptors (Lipinski definition) is 3. The third kappa shape index (κ3) is 4.77. The second kappa shape index (κ2) is 10.6. The summed E-state index contributed by atoms with van der Waals surface area (Å²) in [6.45, 7) is 0. The van der Waals surface area contributed by atoms with Crippen LogP contribution in [0.1, 0.15) is 11.1 Å². The van der Waals surface area contributed by atoms with Crippen molar-refractivity contribution in [2.75, 3.05) is 0 Å². The molecular formula is C37H27N3O. The van der Waals surface area contributed by atoms with Crippen LogP contribution < -0.4 is 0 Å². The molecule has 0 bridgehead atoms. The largest absolute Gasteiger partial charge is 0.507 e. The van der Waals surface area contributed by atoms with E-state index in [0.29, 0.717) is 11.4 Å². The Morgan fingerprint density at radius 1 is 0.585 bits per heavy atom. The lowest BCUT2D eigenvalue weighted by Gasteiger charge is -2.12. The summed E-state index contributed by atoms with van der Waals surface area (Å²) in [5.41, 5.74) is 10.1. The summed E-state index contributed by atoms with van der Waals surface area (Å²) < 4.78 is 2.14. The third-order valence-electron chi connectivity index (χ3n) is 7.41. The van der Waals surface area contributed by atoms with Crippen molar-refractivity contribution in [1.82, 2.24) is 14.5 Å². The quantitative estimate of drug-likeness (QED) is 0.234. The number of aromatic nitrogens is 3. The molecule has 0 atom stereocenters. The lowest BCUT2D eigenvalue weighted by molar-refractivity contribution is 0.477. The maximum Gasteiger partial charge on any atom is 0.149 e. The van der Waals surface area contributed by atoms with Gasteiger partial charge in [-0.05, 0) is 71.6 Å². The van der Waals surface area contributed by atoms with Gasteiger partial charge in [-0.25, -0.2) is 4.98 Å². The first-order valence-corrected chi connectivity index (χ1v) is 13.7. The van der Waals surface area contributed by atoms with Crippen molar-refractivity contribution >= 4 is 11.0 Å². The molecule has 2 aromatic heterocycles. The van der Waals surface area contributed by atoms with Crippen LogP contribution in [-0.4, -0.2) is 19.6 Å². The summed E-state index contributed by atoms with van der Waals surface area (Å²) in [6, 6.07) is 47.1. The van der Waals surface area contributed by atoms with Gasteiger partial charge in [0.25, 0.3) is 0 Å². The van der Waals surface area contributed by atoms with Gasteiger partial charge < -0.3 is 5.11 Å². The molecule has 196 valence electrons. The van der Waals surface area contributed by atoms with Crippen molar-refractivity contribution in [2.45, 2.75) is 6.42 Å². The highest BCUT2D eigenvalue weighted by atomic mass is 16.3. The van der Waals surface area contributed by atoms with Crippen molar-refractivity contribution in [2.24, 2.45) is 0 Å². The lowest BCUT2D eigenvalue weighted by atomic mass is 10.0. The number of nitrogens with zero attached hydrogens (tertiary/aromatic N) is 3. The van der Waals surface area contributed by atoms with E-state index in [1.54, 1.807) is 6.07 Å². The third-order valence-corrected chi connectivity index (χ3v) is 7.41. The number of phenols is 1. The topological polar surface area (TPSA) is 50.9 Å². The molecule has 0 aliphatic rings. The van der Waals surface area contributed by atoms with E-state index in [1.807, 2.05) is 48.7 Å². The Balaban J connectivity index is 1.38. The van der Waals surface area contributed by atoms with Crippen molar-refractivity contribution < 1.29 is 5.11 Å². The number of para-hydroxylation sites is 2. The first-order chi connectivity index (χ1) is 20.2. The Hall–Kier alpha value is -5.48. The molecule has 0 spiro atoms. The number of aromatic hydroxyl groups is 1. The minimum atomic E-state index is 0.198. The number of hydrogen-bond donors (Lipinski definition) is 1. The van der Waals surface area contributed by atoms with Gasteiger partial charge in [0.1, 0.15) is 11.6 Å². The van der Waals surface area contributed by atoms with Gasteiger partial charge in [-0.1, -0.05) is 91.0 Å². The highest BCUT2D eigenvalue weighted by Gasteiger charge is 2.19. The normalized spacial score (nSPS) is 11.1. The molecule has 0 aliphatic carbocycles. The Bertz CT molecular complexity index is 1960. The van der Waals surface area contributed by atoms with Crippen LogP contribution in [0.2, 0.25) is 0 Å². The molecule has 0 aliphatic heterocycles. The van der Waals surface area contributed by atoms with Crippen molar-refractivity contribution in [3.05, 3.63) is 157 Å². The van der Waals surface area contributed by atoms with Gasteiger partial charge in [-0.2, -0.15) is 0 Å². The van der Waals surface area contributed by atoms with E-state index in [2.05, 4.69) is 101 Å². The fourth-order valence-electron chi connectivity index (χ4n) is 5.41. The summed E-state index contributed by atoms with van der Waals surface area (Å²) >= 11 is 0. The second-order valence-corrected chi connectivity index (χ2v) is 10.1.